The van der Waals surface area contributed by atoms with Crippen molar-refractivity contribution in [3.8, 4) is 56.4 Å². The Kier molecular flexibility index (Phi) is 9.90. The zero-order valence-electron chi connectivity index (χ0n) is 37.6. The second-order valence-corrected chi connectivity index (χ2v) is 17.6. The van der Waals surface area contributed by atoms with E-state index in [1.54, 1.807) is 0 Å². The Morgan fingerprint density at radius 2 is 1.14 bits per heavy atom. The van der Waals surface area contributed by atoms with E-state index in [1.165, 1.54) is 0 Å². The zero-order valence-corrected chi connectivity index (χ0v) is 37.6. The first-order valence-electron chi connectivity index (χ1n) is 23.5. The zero-order chi connectivity index (χ0) is 45.7. The van der Waals surface area contributed by atoms with Crippen molar-refractivity contribution < 1.29 is 13.9 Å². The number of hydrogen-bond acceptors (Lipinski definition) is 5. The Morgan fingerprint density at radius 1 is 0.435 bits per heavy atom. The van der Waals surface area contributed by atoms with E-state index < -0.39 is 0 Å². The predicted molar refractivity (Wildman–Crippen MR) is 284 cm³/mol. The maximum Gasteiger partial charge on any atom is 0.137 e. The third-order valence-electron chi connectivity index (χ3n) is 13.4. The van der Waals surface area contributed by atoms with Crippen LogP contribution >= 0.6 is 0 Å². The van der Waals surface area contributed by atoms with E-state index in [4.69, 9.17) is 13.9 Å². The number of nitrogens with zero attached hydrogens (tertiary/aromatic N) is 2. The average Bonchev–Trinajstić information content (AvgIpc) is 3.79. The van der Waals surface area contributed by atoms with Gasteiger partial charge in [-0.1, -0.05) is 146 Å². The molecule has 0 saturated carbocycles. The van der Waals surface area contributed by atoms with E-state index in [0.29, 0.717) is 5.75 Å². The monoisotopic (exact) mass is 888 g/mol. The summed E-state index contributed by atoms with van der Waals surface area (Å²) in [4.78, 5) is 4.73. The number of furan rings is 1. The molecule has 0 radical (unpaired) electrons. The highest BCUT2D eigenvalue weighted by Gasteiger charge is 2.26. The summed E-state index contributed by atoms with van der Waals surface area (Å²) < 4.78 is 20.1. The lowest BCUT2D eigenvalue weighted by molar-refractivity contribution is 0.481. The Morgan fingerprint density at radius 3 is 1.99 bits per heavy atom. The molecule has 2 heterocycles. The molecule has 1 aromatic heterocycles. The van der Waals surface area contributed by atoms with Gasteiger partial charge in [0.05, 0.1) is 11.7 Å². The molecule has 0 N–H and O–H groups in total. The quantitative estimate of drug-likeness (QED) is 0.137. The summed E-state index contributed by atoms with van der Waals surface area (Å²) in [5.41, 5.74) is 13.6. The average molecular weight is 889 g/mol. The van der Waals surface area contributed by atoms with Gasteiger partial charge < -0.3 is 23.7 Å². The van der Waals surface area contributed by atoms with Crippen LogP contribution in [0.4, 0.5) is 28.4 Å². The number of allylic oxidation sites excluding steroid dienone is 2. The molecule has 10 aromatic carbocycles. The van der Waals surface area contributed by atoms with Crippen LogP contribution in [0.15, 0.2) is 253 Å². The van der Waals surface area contributed by atoms with Gasteiger partial charge in [-0.3, -0.25) is 0 Å². The highest BCUT2D eigenvalue weighted by Crippen LogP contribution is 2.51. The molecule has 1 unspecified atom stereocenters. The number of ether oxygens (including phenoxy) is 2. The van der Waals surface area contributed by atoms with Crippen LogP contribution in [-0.2, 0) is 0 Å². The first kappa shape index (κ1) is 40.2. The maximum atomic E-state index is 6.98. The molecular formula is C64H44N2O3. The van der Waals surface area contributed by atoms with Crippen molar-refractivity contribution in [2.24, 2.45) is 0 Å². The smallest absolute Gasteiger partial charge is 0.137 e. The van der Waals surface area contributed by atoms with Gasteiger partial charge in [0.1, 0.15) is 34.2 Å². The van der Waals surface area contributed by atoms with E-state index in [2.05, 4.69) is 240 Å². The standard InChI is InChI=1S/C64H44N2O3/c1-5-17-43(18-6-1)45-31-36-58(56(39-45)44-19-7-2-8-20-44)66(49-33-37-61-57(41-49)52-27-13-14-29-59(52)68-61)48-25-15-26-51(40-48)67-60-38-35-54-53-34-32-50(42-63(53)69-62-30-16-28-55(60)64(54)62)65(46-21-9-3-10-22-46)47-23-11-4-12-24-47/h1-23,25-42,47H,24H2. The molecule has 2 aliphatic rings. The van der Waals surface area contributed by atoms with Crippen LogP contribution in [-0.4, -0.2) is 6.04 Å². The lowest BCUT2D eigenvalue weighted by atomic mass is 9.93. The van der Waals surface area contributed by atoms with Crippen molar-refractivity contribution in [2.45, 2.75) is 12.5 Å². The summed E-state index contributed by atoms with van der Waals surface area (Å²) >= 11 is 0. The van der Waals surface area contributed by atoms with Gasteiger partial charge in [-0.15, -0.1) is 0 Å². The van der Waals surface area contributed by atoms with Gasteiger partial charge in [-0.25, -0.2) is 0 Å². The molecule has 0 saturated heterocycles. The summed E-state index contributed by atoms with van der Waals surface area (Å²) in [6, 6.07) is 79.0. The molecule has 0 spiro atoms. The van der Waals surface area contributed by atoms with E-state index in [9.17, 15) is 0 Å². The fourth-order valence-electron chi connectivity index (χ4n) is 10.2. The number of hydrogen-bond donors (Lipinski definition) is 0. The third kappa shape index (κ3) is 7.29. The minimum atomic E-state index is 0.187. The number of rotatable bonds is 10. The fraction of sp³-hybridized carbons (Fsp3) is 0.0312. The summed E-state index contributed by atoms with van der Waals surface area (Å²) in [7, 11) is 0. The molecule has 0 fully saturated rings. The fourth-order valence-corrected chi connectivity index (χ4v) is 10.2. The third-order valence-corrected chi connectivity index (χ3v) is 13.4. The molecule has 69 heavy (non-hydrogen) atoms. The van der Waals surface area contributed by atoms with Crippen LogP contribution in [0.3, 0.4) is 0 Å². The van der Waals surface area contributed by atoms with Crippen molar-refractivity contribution in [2.75, 3.05) is 9.80 Å². The second-order valence-electron chi connectivity index (χ2n) is 17.6. The van der Waals surface area contributed by atoms with E-state index in [-0.39, 0.29) is 6.04 Å². The molecule has 1 aliphatic heterocycles. The maximum absolute atomic E-state index is 6.98. The molecule has 13 rings (SSSR count). The lowest BCUT2D eigenvalue weighted by Gasteiger charge is -2.33. The normalized spacial score (nSPS) is 13.6. The van der Waals surface area contributed by atoms with Crippen molar-refractivity contribution in [1.82, 2.24) is 0 Å². The highest BCUT2D eigenvalue weighted by atomic mass is 16.5. The molecule has 0 amide bonds. The molecule has 0 bridgehead atoms. The topological polar surface area (TPSA) is 38.1 Å². The minimum Gasteiger partial charge on any atom is -0.457 e. The van der Waals surface area contributed by atoms with Crippen LogP contribution in [0.1, 0.15) is 6.42 Å². The SMILES string of the molecule is C1=CCC(N(c2ccccc2)c2ccc3c(c2)Oc2cccc4c(Oc5cccc(N(c6ccc7oc8ccccc8c7c6)c6ccc(-c7ccccc7)cc6-c6ccccc6)c5)ccc-3c24)C=C1. The van der Waals surface area contributed by atoms with Crippen LogP contribution in [0, 0.1) is 0 Å². The van der Waals surface area contributed by atoms with Gasteiger partial charge >= 0.3 is 0 Å². The first-order valence-corrected chi connectivity index (χ1v) is 23.5. The van der Waals surface area contributed by atoms with E-state index >= 15 is 0 Å². The molecule has 11 aromatic rings. The predicted octanol–water partition coefficient (Wildman–Crippen LogP) is 18.1. The Bertz CT molecular complexity index is 3780. The summed E-state index contributed by atoms with van der Waals surface area (Å²) in [6.45, 7) is 0. The first-order chi connectivity index (χ1) is 34.2. The number of fused-ring (bicyclic) bond motifs is 5. The van der Waals surface area contributed by atoms with Crippen LogP contribution in [0.25, 0.3) is 66.1 Å². The van der Waals surface area contributed by atoms with Gasteiger partial charge in [0.25, 0.3) is 0 Å². The second kappa shape index (κ2) is 17.0. The molecule has 5 nitrogen and oxygen atoms in total. The number of para-hydroxylation sites is 2. The number of benzene rings is 10. The minimum absolute atomic E-state index is 0.187. The Labute approximate surface area is 400 Å². The molecule has 5 heteroatoms. The van der Waals surface area contributed by atoms with Gasteiger partial charge in [0.2, 0.25) is 0 Å². The largest absolute Gasteiger partial charge is 0.457 e. The molecular weight excluding hydrogens is 845 g/mol. The van der Waals surface area contributed by atoms with E-state index in [1.807, 2.05) is 18.2 Å². The Hall–Kier alpha value is -9.06. The molecule has 328 valence electrons. The number of anilines is 5. The van der Waals surface area contributed by atoms with E-state index in [0.717, 1.165) is 118 Å². The van der Waals surface area contributed by atoms with Crippen molar-refractivity contribution in [3.63, 3.8) is 0 Å². The van der Waals surface area contributed by atoms with Gasteiger partial charge in [-0.05, 0) is 120 Å². The van der Waals surface area contributed by atoms with Crippen LogP contribution < -0.4 is 19.3 Å². The van der Waals surface area contributed by atoms with Gasteiger partial charge in [0.15, 0.2) is 0 Å². The summed E-state index contributed by atoms with van der Waals surface area (Å²) in [5.74, 6) is 3.10. The molecule has 1 atom stereocenters. The van der Waals surface area contributed by atoms with Gasteiger partial charge in [0, 0.05) is 67.6 Å². The summed E-state index contributed by atoms with van der Waals surface area (Å²) in [5, 5.41) is 4.14. The van der Waals surface area contributed by atoms with Crippen molar-refractivity contribution >= 4 is 61.1 Å². The van der Waals surface area contributed by atoms with Crippen LogP contribution in [0.5, 0.6) is 23.0 Å². The Balaban J connectivity index is 0.904. The molecule has 1 aliphatic carbocycles. The van der Waals surface area contributed by atoms with Crippen LogP contribution in [0.2, 0.25) is 0 Å². The van der Waals surface area contributed by atoms with Crippen molar-refractivity contribution in [1.29, 1.82) is 0 Å². The summed E-state index contributed by atoms with van der Waals surface area (Å²) in [6.07, 6.45) is 9.68. The van der Waals surface area contributed by atoms with Gasteiger partial charge in [-0.2, -0.15) is 0 Å². The van der Waals surface area contributed by atoms with Crippen molar-refractivity contribution in [3.05, 3.63) is 249 Å². The highest BCUT2D eigenvalue weighted by molar-refractivity contribution is 6.08. The lowest BCUT2D eigenvalue weighted by Crippen LogP contribution is -2.29.